The van der Waals surface area contributed by atoms with Gasteiger partial charge in [0.25, 0.3) is 0 Å². The van der Waals surface area contributed by atoms with Crippen molar-refractivity contribution >= 4 is 0 Å². The van der Waals surface area contributed by atoms with Crippen molar-refractivity contribution in [1.29, 1.82) is 0 Å². The number of aliphatic hydroxyl groups excluding tert-OH is 1. The van der Waals surface area contributed by atoms with E-state index in [2.05, 4.69) is 18.7 Å². The molecule has 0 aliphatic heterocycles. The summed E-state index contributed by atoms with van der Waals surface area (Å²) in [7, 11) is 0. The molecule has 0 aromatic rings. The van der Waals surface area contributed by atoms with Gasteiger partial charge in [-0.3, -0.25) is 4.90 Å². The van der Waals surface area contributed by atoms with Crippen LogP contribution >= 0.6 is 0 Å². The van der Waals surface area contributed by atoms with Crippen molar-refractivity contribution in [2.24, 2.45) is 11.1 Å². The highest BCUT2D eigenvalue weighted by atomic mass is 16.3. The molecule has 0 unspecified atom stereocenters. The summed E-state index contributed by atoms with van der Waals surface area (Å²) < 4.78 is 0. The lowest BCUT2D eigenvalue weighted by Crippen LogP contribution is -2.36. The Bertz CT molecular complexity index is 213. The molecule has 1 aliphatic rings. The van der Waals surface area contributed by atoms with Gasteiger partial charge in [-0.25, -0.2) is 0 Å². The van der Waals surface area contributed by atoms with Crippen molar-refractivity contribution in [1.82, 2.24) is 4.90 Å². The molecule has 1 saturated carbocycles. The number of unbranched alkanes of at least 4 members (excludes halogenated alkanes) is 1. The molecule has 3 heteroatoms. The fraction of sp³-hybridized carbons (Fsp3) is 1.00. The fourth-order valence-corrected chi connectivity index (χ4v) is 2.90. The summed E-state index contributed by atoms with van der Waals surface area (Å²) in [4.78, 5) is 2.50. The van der Waals surface area contributed by atoms with Crippen molar-refractivity contribution in [3.05, 3.63) is 0 Å². The highest BCUT2D eigenvalue weighted by Crippen LogP contribution is 2.25. The molecule has 0 atom stereocenters. The molecular formula is C15H32N2O. The SMILES string of the molecule is CC(C)(CN)CCCCN(CCO)C1CCCC1. The molecule has 0 saturated heterocycles. The van der Waals surface area contributed by atoms with Crippen molar-refractivity contribution < 1.29 is 5.11 Å². The van der Waals surface area contributed by atoms with Gasteiger partial charge in [0.1, 0.15) is 0 Å². The normalized spacial score (nSPS) is 17.8. The zero-order valence-corrected chi connectivity index (χ0v) is 12.3. The zero-order valence-electron chi connectivity index (χ0n) is 12.3. The first kappa shape index (κ1) is 15.9. The average molecular weight is 256 g/mol. The molecule has 0 spiro atoms. The monoisotopic (exact) mass is 256 g/mol. The quantitative estimate of drug-likeness (QED) is 0.623. The molecule has 0 heterocycles. The van der Waals surface area contributed by atoms with Crippen LogP contribution in [0.25, 0.3) is 0 Å². The molecule has 0 bridgehead atoms. The van der Waals surface area contributed by atoms with E-state index in [4.69, 9.17) is 10.8 Å². The van der Waals surface area contributed by atoms with Crippen LogP contribution in [0.5, 0.6) is 0 Å². The number of nitrogens with zero attached hydrogens (tertiary/aromatic N) is 1. The second-order valence-corrected chi connectivity index (χ2v) is 6.52. The van der Waals surface area contributed by atoms with Gasteiger partial charge in [-0.2, -0.15) is 0 Å². The van der Waals surface area contributed by atoms with Crippen molar-refractivity contribution in [3.63, 3.8) is 0 Å². The van der Waals surface area contributed by atoms with E-state index in [9.17, 15) is 0 Å². The lowest BCUT2D eigenvalue weighted by molar-refractivity contribution is 0.147. The summed E-state index contributed by atoms with van der Waals surface area (Å²) in [5.41, 5.74) is 6.04. The van der Waals surface area contributed by atoms with Gasteiger partial charge in [-0.1, -0.05) is 33.1 Å². The largest absolute Gasteiger partial charge is 0.395 e. The number of hydrogen-bond donors (Lipinski definition) is 2. The van der Waals surface area contributed by atoms with Crippen LogP contribution in [0.1, 0.15) is 58.8 Å². The number of aliphatic hydroxyl groups is 1. The van der Waals surface area contributed by atoms with Gasteiger partial charge in [0.05, 0.1) is 6.61 Å². The lowest BCUT2D eigenvalue weighted by atomic mass is 9.87. The first-order chi connectivity index (χ1) is 8.59. The molecule has 1 rings (SSSR count). The molecular weight excluding hydrogens is 224 g/mol. The van der Waals surface area contributed by atoms with Gasteiger partial charge in [-0.05, 0) is 44.2 Å². The van der Waals surface area contributed by atoms with Gasteiger partial charge in [0, 0.05) is 12.6 Å². The summed E-state index contributed by atoms with van der Waals surface area (Å²) in [6.07, 6.45) is 9.09. The number of rotatable bonds is 9. The Labute approximate surface area is 113 Å². The third-order valence-electron chi connectivity index (χ3n) is 4.33. The molecule has 1 fully saturated rings. The van der Waals surface area contributed by atoms with Gasteiger partial charge in [0.2, 0.25) is 0 Å². The Morgan fingerprint density at radius 1 is 1.17 bits per heavy atom. The topological polar surface area (TPSA) is 49.5 Å². The molecule has 0 amide bonds. The predicted molar refractivity (Wildman–Crippen MR) is 77.6 cm³/mol. The standard InChI is InChI=1S/C15H32N2O/c1-15(2,13-16)9-5-6-10-17(11-12-18)14-7-3-4-8-14/h14,18H,3-13,16H2,1-2H3. The Kier molecular flexibility index (Phi) is 7.20. The summed E-state index contributed by atoms with van der Waals surface area (Å²) in [6, 6.07) is 0.736. The summed E-state index contributed by atoms with van der Waals surface area (Å²) in [5, 5.41) is 9.16. The zero-order chi connectivity index (χ0) is 13.4. The van der Waals surface area contributed by atoms with Gasteiger partial charge in [0.15, 0.2) is 0 Å². The molecule has 0 aromatic carbocycles. The van der Waals surface area contributed by atoms with Crippen molar-refractivity contribution in [2.75, 3.05) is 26.2 Å². The third kappa shape index (κ3) is 5.68. The summed E-state index contributed by atoms with van der Waals surface area (Å²) in [5.74, 6) is 0. The molecule has 0 aromatic heterocycles. The number of nitrogens with two attached hydrogens (primary N) is 1. The maximum absolute atomic E-state index is 9.16. The number of hydrogen-bond acceptors (Lipinski definition) is 3. The van der Waals surface area contributed by atoms with E-state index < -0.39 is 0 Å². The van der Waals surface area contributed by atoms with E-state index in [0.29, 0.717) is 6.61 Å². The van der Waals surface area contributed by atoms with Gasteiger partial charge < -0.3 is 10.8 Å². The lowest BCUT2D eigenvalue weighted by Gasteiger charge is -2.29. The average Bonchev–Trinajstić information content (AvgIpc) is 2.87. The van der Waals surface area contributed by atoms with Crippen LogP contribution in [-0.4, -0.2) is 42.3 Å². The first-order valence-electron chi connectivity index (χ1n) is 7.64. The van der Waals surface area contributed by atoms with Crippen molar-refractivity contribution in [3.8, 4) is 0 Å². The highest BCUT2D eigenvalue weighted by molar-refractivity contribution is 4.77. The van der Waals surface area contributed by atoms with E-state index in [1.54, 1.807) is 0 Å². The molecule has 1 aliphatic carbocycles. The van der Waals surface area contributed by atoms with E-state index in [1.807, 2.05) is 0 Å². The predicted octanol–water partition coefficient (Wildman–Crippen LogP) is 2.38. The molecule has 3 N–H and O–H groups in total. The van der Waals surface area contributed by atoms with E-state index in [1.165, 1.54) is 44.9 Å². The summed E-state index contributed by atoms with van der Waals surface area (Å²) in [6.45, 7) is 7.56. The first-order valence-corrected chi connectivity index (χ1v) is 7.64. The molecule has 18 heavy (non-hydrogen) atoms. The van der Waals surface area contributed by atoms with Crippen LogP contribution in [0.2, 0.25) is 0 Å². The minimum atomic E-state index is 0.287. The van der Waals surface area contributed by atoms with Crippen LogP contribution in [0, 0.1) is 5.41 Å². The van der Waals surface area contributed by atoms with Crippen LogP contribution in [0.15, 0.2) is 0 Å². The smallest absolute Gasteiger partial charge is 0.0558 e. The van der Waals surface area contributed by atoms with E-state index in [-0.39, 0.29) is 5.41 Å². The highest BCUT2D eigenvalue weighted by Gasteiger charge is 2.22. The molecule has 0 radical (unpaired) electrons. The summed E-state index contributed by atoms with van der Waals surface area (Å²) >= 11 is 0. The van der Waals surface area contributed by atoms with Gasteiger partial charge in [-0.15, -0.1) is 0 Å². The van der Waals surface area contributed by atoms with E-state index >= 15 is 0 Å². The van der Waals surface area contributed by atoms with Crippen LogP contribution in [-0.2, 0) is 0 Å². The minimum absolute atomic E-state index is 0.287. The minimum Gasteiger partial charge on any atom is -0.395 e. The van der Waals surface area contributed by atoms with Crippen LogP contribution in [0.3, 0.4) is 0 Å². The van der Waals surface area contributed by atoms with Crippen molar-refractivity contribution in [2.45, 2.75) is 64.8 Å². The Hall–Kier alpha value is -0.120. The third-order valence-corrected chi connectivity index (χ3v) is 4.33. The second-order valence-electron chi connectivity index (χ2n) is 6.52. The van der Waals surface area contributed by atoms with E-state index in [0.717, 1.165) is 25.7 Å². The Morgan fingerprint density at radius 3 is 2.39 bits per heavy atom. The Morgan fingerprint density at radius 2 is 1.83 bits per heavy atom. The second kappa shape index (κ2) is 8.13. The molecule has 3 nitrogen and oxygen atoms in total. The maximum Gasteiger partial charge on any atom is 0.0558 e. The Balaban J connectivity index is 2.21. The maximum atomic E-state index is 9.16. The van der Waals surface area contributed by atoms with Gasteiger partial charge >= 0.3 is 0 Å². The van der Waals surface area contributed by atoms with Crippen LogP contribution in [0.4, 0.5) is 0 Å². The fourth-order valence-electron chi connectivity index (χ4n) is 2.90. The van der Waals surface area contributed by atoms with Crippen LogP contribution < -0.4 is 5.73 Å². The molecule has 108 valence electrons.